The lowest BCUT2D eigenvalue weighted by Crippen LogP contribution is -2.30. The van der Waals surface area contributed by atoms with Crippen molar-refractivity contribution in [2.75, 3.05) is 57.5 Å². The number of hydrogen-bond acceptors (Lipinski definition) is 15. The number of phenolic OH excluding ortho intramolecular Hbond substituents is 1. The summed E-state index contributed by atoms with van der Waals surface area (Å²) in [4.78, 5) is 96.6. The summed E-state index contributed by atoms with van der Waals surface area (Å²) in [5.74, 6) is -5.97. The van der Waals surface area contributed by atoms with Crippen LogP contribution in [-0.4, -0.2) is 109 Å². The van der Waals surface area contributed by atoms with Crippen molar-refractivity contribution in [1.29, 1.82) is 0 Å². The zero-order valence-corrected chi connectivity index (χ0v) is 50.7. The highest BCUT2D eigenvalue weighted by Crippen LogP contribution is 2.39. The predicted octanol–water partition coefficient (Wildman–Crippen LogP) is 14.6. The lowest BCUT2D eigenvalue weighted by molar-refractivity contribution is -0.145. The summed E-state index contributed by atoms with van der Waals surface area (Å²) in [7, 11) is 0. The van der Waals surface area contributed by atoms with E-state index in [0.717, 1.165) is 180 Å². The predicted molar refractivity (Wildman–Crippen MR) is 333 cm³/mol. The zero-order valence-electron chi connectivity index (χ0n) is 50.7. The van der Waals surface area contributed by atoms with E-state index in [0.29, 0.717) is 11.4 Å². The molecule has 0 saturated carbocycles. The molecule has 84 heavy (non-hydrogen) atoms. The number of phenols is 1. The van der Waals surface area contributed by atoms with Crippen LogP contribution < -0.4 is 4.90 Å². The topological polar surface area (TPSA) is 203 Å². The van der Waals surface area contributed by atoms with Crippen LogP contribution in [0.4, 0.5) is 5.69 Å². The first kappa shape index (κ1) is 71.5. The van der Waals surface area contributed by atoms with Gasteiger partial charge in [-0.2, -0.15) is 0 Å². The molecule has 0 radical (unpaired) electrons. The van der Waals surface area contributed by atoms with Crippen LogP contribution in [0.1, 0.15) is 211 Å². The van der Waals surface area contributed by atoms with Gasteiger partial charge in [-0.15, -0.1) is 26.3 Å². The Labute approximate surface area is 502 Å². The van der Waals surface area contributed by atoms with Crippen molar-refractivity contribution in [3.63, 3.8) is 0 Å². The van der Waals surface area contributed by atoms with Crippen LogP contribution in [0, 0.1) is 0 Å². The summed E-state index contributed by atoms with van der Waals surface area (Å²) >= 11 is 0. The van der Waals surface area contributed by atoms with E-state index in [1.54, 1.807) is 15.9 Å². The number of aliphatic hydroxyl groups is 1. The number of aromatic hydroxyl groups is 1. The van der Waals surface area contributed by atoms with E-state index in [1.165, 1.54) is 30.4 Å². The normalized spacial score (nSPS) is 13.9. The molecule has 0 fully saturated rings. The first-order valence-corrected chi connectivity index (χ1v) is 31.5. The van der Waals surface area contributed by atoms with Gasteiger partial charge in [0.05, 0.1) is 63.3 Å². The van der Waals surface area contributed by atoms with Gasteiger partial charge in [0.2, 0.25) is 11.6 Å². The van der Waals surface area contributed by atoms with E-state index in [2.05, 4.69) is 26.3 Å². The molecule has 0 aromatic heterocycles. The van der Waals surface area contributed by atoms with Crippen molar-refractivity contribution >= 4 is 52.5 Å². The maximum absolute atomic E-state index is 14.0. The Balaban J connectivity index is 1.76. The van der Waals surface area contributed by atoms with Crippen molar-refractivity contribution in [3.05, 3.63) is 115 Å². The highest BCUT2D eigenvalue weighted by atomic mass is 16.5. The minimum absolute atomic E-state index is 0.0224. The third-order valence-electron chi connectivity index (χ3n) is 15.0. The Morgan fingerprint density at radius 2 is 0.762 bits per heavy atom. The largest absolute Gasteiger partial charge is 0.507 e. The molecule has 15 heteroatoms. The van der Waals surface area contributed by atoms with Crippen molar-refractivity contribution in [2.45, 2.75) is 205 Å². The second-order valence-corrected chi connectivity index (χ2v) is 21.8. The standard InChI is InChI=1S/C69H100N2O13/c1-5-9-13-17-21-25-29-33-49-81-61(74)41-45-70(46-42-62(75)82-50-34-30-26-22-18-14-10-6-2)55-37-39-57(59(72)53-55)65-67(78)66(69(80)68(65)79)58-40-38-56(54-60(58)73)71(47-43-63(76)83-51-35-31-27-23-19-15-11-7-3)48-44-64(77)84-52-36-32-28-24-20-16-12-8-4/h5-8,37-40,53-54,72,78H,1-4,9-36,41-52H2/b66-58+. The molecule has 0 amide bonds. The van der Waals surface area contributed by atoms with Crippen molar-refractivity contribution < 1.29 is 62.7 Å². The van der Waals surface area contributed by atoms with Crippen LogP contribution >= 0.6 is 0 Å². The molecule has 0 heterocycles. The molecular weight excluding hydrogens is 1060 g/mol. The first-order chi connectivity index (χ1) is 40.9. The molecular formula is C69H100N2O13. The summed E-state index contributed by atoms with van der Waals surface area (Å²) in [5.41, 5.74) is -0.744. The number of aliphatic hydroxyl groups excluding tert-OH is 1. The van der Waals surface area contributed by atoms with Crippen LogP contribution in [-0.2, 0) is 52.5 Å². The molecule has 3 rings (SSSR count). The average molecular weight is 1170 g/mol. The number of ether oxygens (including phenoxy) is 4. The number of carbonyl (C=O) groups is 7. The smallest absolute Gasteiger partial charge is 0.307 e. The van der Waals surface area contributed by atoms with Crippen LogP contribution in [0.25, 0.3) is 5.57 Å². The number of Topliss-reactive ketones (excluding diaryl/α,β-unsaturated/α-hetero) is 2. The summed E-state index contributed by atoms with van der Waals surface area (Å²) < 4.78 is 22.1. The minimum Gasteiger partial charge on any atom is -0.507 e. The van der Waals surface area contributed by atoms with E-state index in [4.69, 9.17) is 18.9 Å². The fourth-order valence-corrected chi connectivity index (χ4v) is 9.98. The van der Waals surface area contributed by atoms with Gasteiger partial charge in [-0.25, -0.2) is 0 Å². The molecule has 15 nitrogen and oxygen atoms in total. The Hall–Kier alpha value is -6.77. The van der Waals surface area contributed by atoms with Gasteiger partial charge in [0.15, 0.2) is 5.78 Å². The van der Waals surface area contributed by atoms with Gasteiger partial charge in [-0.1, -0.05) is 127 Å². The number of anilines is 1. The van der Waals surface area contributed by atoms with E-state index < -0.39 is 63.9 Å². The number of carbonyl (C=O) groups excluding carboxylic acids is 7. The summed E-state index contributed by atoms with van der Waals surface area (Å²) in [6.45, 7) is 16.6. The molecule has 0 aliphatic heterocycles. The highest BCUT2D eigenvalue weighted by Gasteiger charge is 2.41. The molecule has 2 N–H and O–H groups in total. The molecule has 1 aromatic rings. The number of hydrogen-bond donors (Lipinski definition) is 2. The number of rotatable bonds is 51. The van der Waals surface area contributed by atoms with Gasteiger partial charge in [0, 0.05) is 60.8 Å². The summed E-state index contributed by atoms with van der Waals surface area (Å²) in [5, 5.41) is 23.2. The molecule has 0 saturated heterocycles. The number of ketones is 3. The second-order valence-electron chi connectivity index (χ2n) is 21.8. The van der Waals surface area contributed by atoms with E-state index in [-0.39, 0.29) is 89.4 Å². The van der Waals surface area contributed by atoms with Crippen molar-refractivity contribution in [1.82, 2.24) is 4.90 Å². The number of unbranched alkanes of at least 4 members (excludes halogenated alkanes) is 24. The van der Waals surface area contributed by atoms with Gasteiger partial charge in [0.25, 0.3) is 0 Å². The van der Waals surface area contributed by atoms with Gasteiger partial charge >= 0.3 is 23.9 Å². The fraction of sp³-hybridized carbons (Fsp3) is 0.580. The van der Waals surface area contributed by atoms with Gasteiger partial charge in [-0.05, 0) is 101 Å². The Morgan fingerprint density at radius 3 is 1.11 bits per heavy atom. The molecule has 2 aliphatic rings. The number of allylic oxidation sites excluding steroid dienone is 10. The van der Waals surface area contributed by atoms with Crippen LogP contribution in [0.2, 0.25) is 0 Å². The Morgan fingerprint density at radius 1 is 0.429 bits per heavy atom. The van der Waals surface area contributed by atoms with Crippen molar-refractivity contribution in [2.24, 2.45) is 0 Å². The third kappa shape index (κ3) is 29.2. The first-order valence-electron chi connectivity index (χ1n) is 31.5. The summed E-state index contributed by atoms with van der Waals surface area (Å²) in [6.07, 6.45) is 40.0. The maximum atomic E-state index is 14.0. The van der Waals surface area contributed by atoms with Crippen LogP contribution in [0.5, 0.6) is 5.75 Å². The maximum Gasteiger partial charge on any atom is 0.307 e. The molecule has 0 unspecified atom stereocenters. The number of nitrogens with zero attached hydrogens (tertiary/aromatic N) is 2. The van der Waals surface area contributed by atoms with Gasteiger partial charge in [-0.3, -0.25) is 33.6 Å². The summed E-state index contributed by atoms with van der Waals surface area (Å²) in [6, 6.07) is 4.22. The molecule has 0 bridgehead atoms. The fourth-order valence-electron chi connectivity index (χ4n) is 9.98. The van der Waals surface area contributed by atoms with E-state index in [1.807, 2.05) is 24.3 Å². The van der Waals surface area contributed by atoms with Gasteiger partial charge in [0.1, 0.15) is 11.5 Å². The average Bonchev–Trinajstić information content (AvgIpc) is 3.36. The monoisotopic (exact) mass is 1160 g/mol. The quantitative estimate of drug-likeness (QED) is 0.0156. The molecule has 0 atom stereocenters. The SMILES string of the molecule is C=CCCCCCCCCOC(=O)CCN(CCC(=O)OCCCCCCCCC=C)C1=CC(=O)/C(=C2/C(=O)C(=O)C(c3ccc(N(CCC(=O)OCCCCCCCCC=C)CCC(=O)OCCCCCCCCC=C)cc3O)=C2O)C=C1. The van der Waals surface area contributed by atoms with E-state index >= 15 is 0 Å². The van der Waals surface area contributed by atoms with Crippen molar-refractivity contribution in [3.8, 4) is 5.75 Å². The highest BCUT2D eigenvalue weighted by molar-refractivity contribution is 6.63. The molecule has 2 aliphatic carbocycles. The molecule has 1 aromatic carbocycles. The zero-order chi connectivity index (χ0) is 61.0. The van der Waals surface area contributed by atoms with Crippen LogP contribution in [0.15, 0.2) is 110 Å². The third-order valence-corrected chi connectivity index (χ3v) is 15.0. The Kier molecular flexibility index (Phi) is 38.1. The van der Waals surface area contributed by atoms with E-state index in [9.17, 15) is 43.8 Å². The lowest BCUT2D eigenvalue weighted by Gasteiger charge is -2.27. The van der Waals surface area contributed by atoms with Gasteiger partial charge < -0.3 is 39.0 Å². The minimum atomic E-state index is -1.15. The second kappa shape index (κ2) is 44.7. The van der Waals surface area contributed by atoms with Crippen LogP contribution in [0.3, 0.4) is 0 Å². The molecule has 464 valence electrons. The lowest BCUT2D eigenvalue weighted by atomic mass is 9.96. The molecule has 0 spiro atoms. The Bertz CT molecular complexity index is 2310. The number of esters is 4. The number of benzene rings is 1.